The molecular formula is C11H13ClN2OS. The molecule has 86 valence electrons. The normalized spacial score (nSPS) is 12.9. The Kier molecular flexibility index (Phi) is 3.98. The Bertz CT molecular complexity index is 427. The minimum absolute atomic E-state index is 0.165. The highest BCUT2D eigenvalue weighted by Gasteiger charge is 2.15. The van der Waals surface area contributed by atoms with E-state index in [0.29, 0.717) is 5.22 Å². The van der Waals surface area contributed by atoms with Crippen LogP contribution < -0.4 is 5.32 Å². The van der Waals surface area contributed by atoms with Crippen LogP contribution in [0.25, 0.3) is 0 Å². The van der Waals surface area contributed by atoms with Crippen LogP contribution >= 0.6 is 22.9 Å². The van der Waals surface area contributed by atoms with Gasteiger partial charge in [0.1, 0.15) is 5.76 Å². The first kappa shape index (κ1) is 11.6. The van der Waals surface area contributed by atoms with Crippen LogP contribution in [0.15, 0.2) is 28.3 Å². The first-order valence-corrected chi connectivity index (χ1v) is 6.41. The molecule has 0 saturated heterocycles. The molecule has 0 bridgehead atoms. The molecule has 2 aromatic rings. The number of hydrogen-bond acceptors (Lipinski definition) is 4. The molecule has 1 atom stereocenters. The van der Waals surface area contributed by atoms with Crippen LogP contribution in [-0.2, 0) is 6.42 Å². The van der Waals surface area contributed by atoms with E-state index < -0.39 is 0 Å². The van der Waals surface area contributed by atoms with Gasteiger partial charge >= 0.3 is 0 Å². The van der Waals surface area contributed by atoms with Gasteiger partial charge in [-0.1, -0.05) is 6.92 Å². The molecule has 1 N–H and O–H groups in total. The zero-order valence-electron chi connectivity index (χ0n) is 8.94. The zero-order chi connectivity index (χ0) is 11.4. The van der Waals surface area contributed by atoms with Crippen molar-refractivity contribution in [3.63, 3.8) is 0 Å². The molecule has 0 fully saturated rings. The number of nitrogens with one attached hydrogen (secondary N) is 1. The van der Waals surface area contributed by atoms with Crippen molar-refractivity contribution in [2.24, 2.45) is 0 Å². The van der Waals surface area contributed by atoms with Crippen molar-refractivity contribution in [3.8, 4) is 0 Å². The van der Waals surface area contributed by atoms with E-state index in [1.807, 2.05) is 17.8 Å². The molecular weight excluding hydrogens is 244 g/mol. The summed E-state index contributed by atoms with van der Waals surface area (Å²) in [6, 6.07) is 3.85. The molecule has 5 heteroatoms. The second-order valence-corrected chi connectivity index (χ2v) is 4.77. The predicted molar refractivity (Wildman–Crippen MR) is 66.0 cm³/mol. The molecule has 0 aromatic carbocycles. The molecule has 0 radical (unpaired) electrons. The third-order valence-electron chi connectivity index (χ3n) is 2.28. The molecule has 2 aromatic heterocycles. The van der Waals surface area contributed by atoms with Gasteiger partial charge in [-0.3, -0.25) is 4.98 Å². The summed E-state index contributed by atoms with van der Waals surface area (Å²) in [6.45, 7) is 2.96. The van der Waals surface area contributed by atoms with E-state index in [0.717, 1.165) is 18.7 Å². The van der Waals surface area contributed by atoms with Gasteiger partial charge in [0.05, 0.1) is 11.6 Å². The summed E-state index contributed by atoms with van der Waals surface area (Å²) in [6.07, 6.45) is 2.77. The van der Waals surface area contributed by atoms with Crippen molar-refractivity contribution >= 4 is 22.9 Å². The molecule has 0 aliphatic heterocycles. The van der Waals surface area contributed by atoms with Gasteiger partial charge in [0.25, 0.3) is 0 Å². The quantitative estimate of drug-likeness (QED) is 0.892. The summed E-state index contributed by atoms with van der Waals surface area (Å²) in [5, 5.41) is 3.81. The highest BCUT2D eigenvalue weighted by atomic mass is 35.5. The summed E-state index contributed by atoms with van der Waals surface area (Å²) in [5.41, 5.74) is 1.84. The highest BCUT2D eigenvalue weighted by Crippen LogP contribution is 2.24. The van der Waals surface area contributed by atoms with Gasteiger partial charge in [0.15, 0.2) is 5.22 Å². The van der Waals surface area contributed by atoms with Gasteiger partial charge in [-0.05, 0) is 30.3 Å². The maximum atomic E-state index is 5.78. The third kappa shape index (κ3) is 2.84. The molecule has 0 saturated carbocycles. The van der Waals surface area contributed by atoms with Crippen LogP contribution in [0.4, 0.5) is 0 Å². The number of rotatable bonds is 5. The number of nitrogens with zero attached hydrogens (tertiary/aromatic N) is 1. The smallest absolute Gasteiger partial charge is 0.193 e. The largest absolute Gasteiger partial charge is 0.448 e. The monoisotopic (exact) mass is 256 g/mol. The first-order valence-electron chi connectivity index (χ1n) is 5.15. The summed E-state index contributed by atoms with van der Waals surface area (Å²) < 4.78 is 5.43. The third-order valence-corrected chi connectivity index (χ3v) is 3.28. The minimum atomic E-state index is 0.165. The van der Waals surface area contributed by atoms with Crippen LogP contribution in [0, 0.1) is 0 Å². The van der Waals surface area contributed by atoms with Gasteiger partial charge in [-0.25, -0.2) is 0 Å². The number of aromatic nitrogens is 1. The second kappa shape index (κ2) is 5.48. The molecule has 0 aliphatic rings. The fourth-order valence-corrected chi connectivity index (χ4v) is 2.37. The molecule has 2 heterocycles. The first-order chi connectivity index (χ1) is 7.79. The molecule has 0 aliphatic carbocycles. The van der Waals surface area contributed by atoms with E-state index in [1.54, 1.807) is 17.4 Å². The fraction of sp³-hybridized carbons (Fsp3) is 0.364. The molecule has 1 unspecified atom stereocenters. The van der Waals surface area contributed by atoms with E-state index in [2.05, 4.69) is 17.2 Å². The molecule has 0 spiro atoms. The van der Waals surface area contributed by atoms with E-state index >= 15 is 0 Å². The van der Waals surface area contributed by atoms with Crippen molar-refractivity contribution in [1.82, 2.24) is 10.3 Å². The molecule has 16 heavy (non-hydrogen) atoms. The van der Waals surface area contributed by atoms with Gasteiger partial charge in [0, 0.05) is 17.5 Å². The maximum absolute atomic E-state index is 5.78. The topological polar surface area (TPSA) is 38.1 Å². The van der Waals surface area contributed by atoms with E-state index in [-0.39, 0.29) is 6.04 Å². The van der Waals surface area contributed by atoms with Crippen LogP contribution in [0.2, 0.25) is 5.22 Å². The van der Waals surface area contributed by atoms with E-state index in [1.165, 1.54) is 4.88 Å². The highest BCUT2D eigenvalue weighted by molar-refractivity contribution is 7.09. The van der Waals surface area contributed by atoms with Gasteiger partial charge in [-0.15, -0.1) is 11.3 Å². The Hall–Kier alpha value is -0.840. The Morgan fingerprint density at radius 2 is 2.44 bits per heavy atom. The van der Waals surface area contributed by atoms with Gasteiger partial charge in [-0.2, -0.15) is 0 Å². The SMILES string of the molecule is CCNC(Cc1cncs1)c1ccc(Cl)o1. The number of hydrogen-bond donors (Lipinski definition) is 1. The average molecular weight is 257 g/mol. The van der Waals surface area contributed by atoms with Crippen molar-refractivity contribution in [2.45, 2.75) is 19.4 Å². The number of likely N-dealkylation sites (N-methyl/N-ethyl adjacent to an activating group) is 1. The van der Waals surface area contributed by atoms with Crippen molar-refractivity contribution in [2.75, 3.05) is 6.54 Å². The molecule has 2 rings (SSSR count). The lowest BCUT2D eigenvalue weighted by Gasteiger charge is -2.13. The standard InChI is InChI=1S/C11H13ClN2OS/c1-2-14-9(5-8-6-13-7-16-8)10-3-4-11(12)15-10/h3-4,6-7,9,14H,2,5H2,1H3. The second-order valence-electron chi connectivity index (χ2n) is 3.42. The van der Waals surface area contributed by atoms with Crippen molar-refractivity contribution in [1.29, 1.82) is 0 Å². The average Bonchev–Trinajstić information content (AvgIpc) is 2.88. The minimum Gasteiger partial charge on any atom is -0.448 e. The fourth-order valence-electron chi connectivity index (χ4n) is 1.58. The predicted octanol–water partition coefficient (Wildman–Crippen LogP) is 3.28. The Morgan fingerprint density at radius 1 is 1.56 bits per heavy atom. The lowest BCUT2D eigenvalue weighted by molar-refractivity contribution is 0.418. The van der Waals surface area contributed by atoms with Crippen LogP contribution in [0.3, 0.4) is 0 Å². The molecule has 3 nitrogen and oxygen atoms in total. The maximum Gasteiger partial charge on any atom is 0.193 e. The summed E-state index contributed by atoms with van der Waals surface area (Å²) in [4.78, 5) is 5.30. The Morgan fingerprint density at radius 3 is 3.00 bits per heavy atom. The van der Waals surface area contributed by atoms with Crippen LogP contribution in [0.5, 0.6) is 0 Å². The Balaban J connectivity index is 2.11. The number of thiazole rings is 1. The van der Waals surface area contributed by atoms with E-state index in [9.17, 15) is 0 Å². The number of furan rings is 1. The summed E-state index contributed by atoms with van der Waals surface area (Å²) >= 11 is 7.44. The van der Waals surface area contributed by atoms with Gasteiger partial charge in [0.2, 0.25) is 0 Å². The lowest BCUT2D eigenvalue weighted by atomic mass is 10.1. The lowest BCUT2D eigenvalue weighted by Crippen LogP contribution is -2.22. The van der Waals surface area contributed by atoms with E-state index in [4.69, 9.17) is 16.0 Å². The van der Waals surface area contributed by atoms with Crippen LogP contribution in [-0.4, -0.2) is 11.5 Å². The summed E-state index contributed by atoms with van der Waals surface area (Å²) in [5.74, 6) is 0.875. The van der Waals surface area contributed by atoms with Gasteiger partial charge < -0.3 is 9.73 Å². The molecule has 0 amide bonds. The summed E-state index contributed by atoms with van der Waals surface area (Å²) in [7, 11) is 0. The van der Waals surface area contributed by atoms with Crippen LogP contribution in [0.1, 0.15) is 23.6 Å². The number of halogens is 1. The Labute approximate surface area is 103 Å². The zero-order valence-corrected chi connectivity index (χ0v) is 10.5. The van der Waals surface area contributed by atoms with Crippen molar-refractivity contribution in [3.05, 3.63) is 39.7 Å². The van der Waals surface area contributed by atoms with Crippen molar-refractivity contribution < 1.29 is 4.42 Å².